The van der Waals surface area contributed by atoms with E-state index in [0.29, 0.717) is 12.5 Å². The third kappa shape index (κ3) is 6.09. The summed E-state index contributed by atoms with van der Waals surface area (Å²) in [6.07, 6.45) is 4.64. The van der Waals surface area contributed by atoms with Gasteiger partial charge in [-0.25, -0.2) is 9.97 Å². The van der Waals surface area contributed by atoms with Crippen molar-refractivity contribution in [3.8, 4) is 0 Å². The molecule has 1 unspecified atom stereocenters. The van der Waals surface area contributed by atoms with E-state index in [1.54, 1.807) is 0 Å². The Morgan fingerprint density at radius 3 is 2.29 bits per heavy atom. The van der Waals surface area contributed by atoms with E-state index in [9.17, 15) is 5.11 Å². The maximum atomic E-state index is 10.2. The van der Waals surface area contributed by atoms with Crippen LogP contribution in [0.2, 0.25) is 0 Å². The van der Waals surface area contributed by atoms with Crippen molar-refractivity contribution >= 4 is 23.4 Å². The number of anilines is 2. The van der Waals surface area contributed by atoms with E-state index in [1.807, 2.05) is 12.3 Å². The van der Waals surface area contributed by atoms with Crippen LogP contribution in [0.4, 0.5) is 11.6 Å². The summed E-state index contributed by atoms with van der Waals surface area (Å²) in [5, 5.41) is 17.4. The van der Waals surface area contributed by atoms with Gasteiger partial charge in [-0.05, 0) is 18.6 Å². The number of aromatic nitrogens is 2. The van der Waals surface area contributed by atoms with Crippen LogP contribution in [0.1, 0.15) is 40.0 Å². The second kappa shape index (κ2) is 9.84. The fourth-order valence-electron chi connectivity index (χ4n) is 2.16. The summed E-state index contributed by atoms with van der Waals surface area (Å²) in [5.41, 5.74) is 0. The molecule has 0 bridgehead atoms. The van der Waals surface area contributed by atoms with Crippen molar-refractivity contribution in [2.75, 3.05) is 30.0 Å². The van der Waals surface area contributed by atoms with Gasteiger partial charge in [0.2, 0.25) is 0 Å². The van der Waals surface area contributed by atoms with E-state index < -0.39 is 0 Å². The first-order chi connectivity index (χ1) is 10.1. The molecule has 0 fully saturated rings. The van der Waals surface area contributed by atoms with Gasteiger partial charge in [-0.15, -0.1) is 0 Å². The Morgan fingerprint density at radius 2 is 1.76 bits per heavy atom. The number of hydrogen-bond acceptors (Lipinski definition) is 6. The van der Waals surface area contributed by atoms with Gasteiger partial charge in [-0.3, -0.25) is 0 Å². The van der Waals surface area contributed by atoms with Gasteiger partial charge in [-0.1, -0.05) is 45.4 Å². The largest absolute Gasteiger partial charge is 0.391 e. The van der Waals surface area contributed by atoms with Crippen molar-refractivity contribution in [2.24, 2.45) is 5.92 Å². The molecule has 1 atom stereocenters. The van der Waals surface area contributed by atoms with Crippen LogP contribution in [-0.2, 0) is 0 Å². The first-order valence-corrected chi connectivity index (χ1v) is 8.95. The number of thioether (sulfide) groups is 1. The zero-order valence-electron chi connectivity index (χ0n) is 13.5. The number of hydrogen-bond donors (Lipinski definition) is 3. The summed E-state index contributed by atoms with van der Waals surface area (Å²) in [7, 11) is 0. The zero-order valence-corrected chi connectivity index (χ0v) is 14.3. The molecule has 0 spiro atoms. The number of nitrogens with one attached hydrogen (secondary N) is 2. The molecule has 5 nitrogen and oxygen atoms in total. The first-order valence-electron chi connectivity index (χ1n) is 7.73. The fourth-order valence-corrected chi connectivity index (χ4v) is 2.54. The van der Waals surface area contributed by atoms with Crippen LogP contribution >= 0.6 is 11.8 Å². The van der Waals surface area contributed by atoms with Crippen LogP contribution in [0.3, 0.4) is 0 Å². The summed E-state index contributed by atoms with van der Waals surface area (Å²) >= 11 is 1.52. The van der Waals surface area contributed by atoms with E-state index >= 15 is 0 Å². The molecule has 3 N–H and O–H groups in total. The molecule has 21 heavy (non-hydrogen) atoms. The Hall–Kier alpha value is -1.01. The highest BCUT2D eigenvalue weighted by molar-refractivity contribution is 7.98. The number of nitrogens with zero attached hydrogens (tertiary/aromatic N) is 2. The van der Waals surface area contributed by atoms with E-state index in [1.165, 1.54) is 11.8 Å². The quantitative estimate of drug-likeness (QED) is 0.455. The Labute approximate surface area is 132 Å². The molecular formula is C15H28N4OS. The maximum absolute atomic E-state index is 10.2. The first kappa shape index (κ1) is 18.0. The van der Waals surface area contributed by atoms with Gasteiger partial charge in [0.15, 0.2) is 5.16 Å². The Balaban J connectivity index is 2.68. The lowest BCUT2D eigenvalue weighted by Crippen LogP contribution is -2.28. The second-order valence-electron chi connectivity index (χ2n) is 5.08. The van der Waals surface area contributed by atoms with Crippen LogP contribution in [0, 0.1) is 5.92 Å². The Kier molecular flexibility index (Phi) is 8.45. The second-order valence-corrected chi connectivity index (χ2v) is 5.85. The van der Waals surface area contributed by atoms with E-state index in [2.05, 4.69) is 41.4 Å². The molecule has 6 heteroatoms. The fraction of sp³-hybridized carbons (Fsp3) is 0.733. The van der Waals surface area contributed by atoms with Gasteiger partial charge < -0.3 is 15.7 Å². The smallest absolute Gasteiger partial charge is 0.191 e. The molecule has 120 valence electrons. The topological polar surface area (TPSA) is 70.1 Å². The molecule has 0 amide bonds. The molecular weight excluding hydrogens is 284 g/mol. The molecule has 0 aliphatic rings. The lowest BCUT2D eigenvalue weighted by Gasteiger charge is -2.20. The summed E-state index contributed by atoms with van der Waals surface area (Å²) < 4.78 is 0. The van der Waals surface area contributed by atoms with Crippen LogP contribution in [0.5, 0.6) is 0 Å². The van der Waals surface area contributed by atoms with Gasteiger partial charge >= 0.3 is 0 Å². The van der Waals surface area contributed by atoms with Crippen LogP contribution < -0.4 is 10.6 Å². The average molecular weight is 312 g/mol. The molecule has 1 rings (SSSR count). The van der Waals surface area contributed by atoms with Crippen molar-refractivity contribution in [3.05, 3.63) is 6.07 Å². The van der Waals surface area contributed by atoms with Gasteiger partial charge in [0.25, 0.3) is 0 Å². The van der Waals surface area contributed by atoms with Crippen LogP contribution in [0.15, 0.2) is 11.2 Å². The molecule has 0 radical (unpaired) electrons. The monoisotopic (exact) mass is 312 g/mol. The van der Waals surface area contributed by atoms with Gasteiger partial charge in [0.05, 0.1) is 6.10 Å². The van der Waals surface area contributed by atoms with Gasteiger partial charge in [0, 0.05) is 19.2 Å². The van der Waals surface area contributed by atoms with E-state index in [0.717, 1.165) is 42.6 Å². The molecule has 0 saturated heterocycles. The predicted octanol–water partition coefficient (Wildman–Crippen LogP) is 3.23. The Morgan fingerprint density at radius 1 is 1.14 bits per heavy atom. The molecule has 0 aliphatic heterocycles. The zero-order chi connectivity index (χ0) is 15.7. The summed E-state index contributed by atoms with van der Waals surface area (Å²) in [4.78, 5) is 8.85. The minimum atomic E-state index is -0.347. The summed E-state index contributed by atoms with van der Waals surface area (Å²) in [6, 6.07) is 1.90. The average Bonchev–Trinajstić information content (AvgIpc) is 2.51. The summed E-state index contributed by atoms with van der Waals surface area (Å²) in [6.45, 7) is 7.75. The molecule has 0 aliphatic carbocycles. The summed E-state index contributed by atoms with van der Waals surface area (Å²) in [5.74, 6) is 1.92. The third-order valence-electron chi connectivity index (χ3n) is 3.53. The van der Waals surface area contributed by atoms with Crippen molar-refractivity contribution in [3.63, 3.8) is 0 Å². The SMILES string of the molecule is CCCNc1cc(NCC(O)C(CC)CC)nc(SC)n1. The minimum Gasteiger partial charge on any atom is -0.391 e. The van der Waals surface area contributed by atoms with Crippen molar-refractivity contribution in [2.45, 2.75) is 51.3 Å². The highest BCUT2D eigenvalue weighted by atomic mass is 32.2. The van der Waals surface area contributed by atoms with Crippen molar-refractivity contribution in [1.82, 2.24) is 9.97 Å². The highest BCUT2D eigenvalue weighted by Crippen LogP contribution is 2.18. The number of rotatable bonds is 10. The standard InChI is InChI=1S/C15H28N4OS/c1-5-8-16-13-9-14(19-15(18-13)21-4)17-10-12(20)11(6-2)7-3/h9,11-12,20H,5-8,10H2,1-4H3,(H2,16,17,18,19). The highest BCUT2D eigenvalue weighted by Gasteiger charge is 2.15. The molecule has 0 saturated carbocycles. The lowest BCUT2D eigenvalue weighted by atomic mass is 9.97. The number of aliphatic hydroxyl groups excluding tert-OH is 1. The van der Waals surface area contributed by atoms with Gasteiger partial charge in [0.1, 0.15) is 11.6 Å². The normalized spacial score (nSPS) is 12.5. The van der Waals surface area contributed by atoms with E-state index in [4.69, 9.17) is 0 Å². The van der Waals surface area contributed by atoms with Crippen molar-refractivity contribution in [1.29, 1.82) is 0 Å². The van der Waals surface area contributed by atoms with E-state index in [-0.39, 0.29) is 6.10 Å². The molecule has 1 aromatic rings. The van der Waals surface area contributed by atoms with Crippen molar-refractivity contribution < 1.29 is 5.11 Å². The van der Waals surface area contributed by atoms with Gasteiger partial charge in [-0.2, -0.15) is 0 Å². The Bertz CT molecular complexity index is 413. The maximum Gasteiger partial charge on any atom is 0.191 e. The number of aliphatic hydroxyl groups is 1. The molecule has 1 heterocycles. The molecule has 1 aromatic heterocycles. The third-order valence-corrected chi connectivity index (χ3v) is 4.08. The van der Waals surface area contributed by atoms with Crippen LogP contribution in [-0.4, -0.2) is 40.5 Å². The minimum absolute atomic E-state index is 0.331. The molecule has 0 aromatic carbocycles. The lowest BCUT2D eigenvalue weighted by molar-refractivity contribution is 0.114. The predicted molar refractivity (Wildman–Crippen MR) is 91.2 cm³/mol. The van der Waals surface area contributed by atoms with Crippen LogP contribution in [0.25, 0.3) is 0 Å².